The minimum absolute atomic E-state index is 0.00941. The van der Waals surface area contributed by atoms with Crippen molar-refractivity contribution >= 4 is 16.7 Å². The number of fused-ring (bicyclic) bond motifs is 2. The van der Waals surface area contributed by atoms with Gasteiger partial charge in [-0.1, -0.05) is 50.2 Å². The lowest BCUT2D eigenvalue weighted by atomic mass is 9.96. The van der Waals surface area contributed by atoms with E-state index in [-0.39, 0.29) is 18.1 Å². The molecule has 0 bridgehead atoms. The van der Waals surface area contributed by atoms with E-state index in [1.54, 1.807) is 14.2 Å². The van der Waals surface area contributed by atoms with E-state index in [2.05, 4.69) is 68.3 Å². The van der Waals surface area contributed by atoms with Crippen molar-refractivity contribution in [2.75, 3.05) is 27.8 Å². The van der Waals surface area contributed by atoms with Gasteiger partial charge in [0.15, 0.2) is 11.5 Å². The molecule has 0 saturated carbocycles. The first kappa shape index (κ1) is 23.1. The molecule has 3 aromatic carbocycles. The second kappa shape index (κ2) is 9.84. The second-order valence-corrected chi connectivity index (χ2v) is 8.70. The Kier molecular flexibility index (Phi) is 6.89. The number of benzene rings is 3. The van der Waals surface area contributed by atoms with Gasteiger partial charge in [-0.15, -0.1) is 0 Å². The van der Waals surface area contributed by atoms with Gasteiger partial charge in [-0.05, 0) is 66.4 Å². The molecule has 174 valence electrons. The maximum atomic E-state index is 13.6. The molecule has 0 fully saturated rings. The topological polar surface area (TPSA) is 42.0 Å². The van der Waals surface area contributed by atoms with Gasteiger partial charge in [0.2, 0.25) is 0 Å². The Labute approximate surface area is 196 Å². The lowest BCUT2D eigenvalue weighted by molar-refractivity contribution is 0.0198. The van der Waals surface area contributed by atoms with E-state index >= 15 is 0 Å². The number of methoxy groups -OCH3 is 2. The third-order valence-corrected chi connectivity index (χ3v) is 6.95. The summed E-state index contributed by atoms with van der Waals surface area (Å²) in [6.45, 7) is 5.07. The molecule has 33 heavy (non-hydrogen) atoms. The first-order valence-corrected chi connectivity index (χ1v) is 11.8. The number of amides is 1. The Morgan fingerprint density at radius 3 is 2.30 bits per heavy atom. The second-order valence-electron chi connectivity index (χ2n) is 8.70. The van der Waals surface area contributed by atoms with Crippen LogP contribution in [0.5, 0.6) is 11.5 Å². The van der Waals surface area contributed by atoms with Gasteiger partial charge >= 0.3 is 0 Å². The van der Waals surface area contributed by atoms with Crippen molar-refractivity contribution in [3.8, 4) is 11.5 Å². The van der Waals surface area contributed by atoms with Crippen LogP contribution in [0.15, 0.2) is 54.6 Å². The highest BCUT2D eigenvalue weighted by Crippen LogP contribution is 2.35. The van der Waals surface area contributed by atoms with E-state index in [4.69, 9.17) is 9.47 Å². The zero-order valence-corrected chi connectivity index (χ0v) is 20.3. The number of hydrogen-bond acceptors (Lipinski definition) is 4. The SMILES string of the molecule is CCC(c1ccc2ccccc2c1)N(C)C(CC)N1CCc2cc(OC)c(OC)cc2C1=O. The molecule has 1 aliphatic rings. The minimum atomic E-state index is 0.00941. The molecule has 3 aromatic rings. The van der Waals surface area contributed by atoms with E-state index in [9.17, 15) is 4.79 Å². The zero-order chi connectivity index (χ0) is 23.5. The molecule has 1 aliphatic heterocycles. The highest BCUT2D eigenvalue weighted by molar-refractivity contribution is 5.97. The fraction of sp³-hybridized carbons (Fsp3) is 0.393. The van der Waals surface area contributed by atoms with Gasteiger partial charge in [-0.3, -0.25) is 9.69 Å². The molecule has 0 aliphatic carbocycles. The molecule has 5 heteroatoms. The summed E-state index contributed by atoms with van der Waals surface area (Å²) in [7, 11) is 5.38. The summed E-state index contributed by atoms with van der Waals surface area (Å²) < 4.78 is 10.9. The molecule has 0 radical (unpaired) electrons. The molecule has 4 rings (SSSR count). The standard InChI is InChI=1S/C28H34N2O3/c1-6-24(22-13-12-19-10-8-9-11-20(19)16-22)29(3)27(7-2)30-15-14-21-17-25(32-4)26(33-5)18-23(21)28(30)31/h8-13,16-18,24,27H,6-7,14-15H2,1-5H3. The van der Waals surface area contributed by atoms with Crippen molar-refractivity contribution in [2.45, 2.75) is 45.3 Å². The summed E-state index contributed by atoms with van der Waals surface area (Å²) in [5.74, 6) is 1.32. The molecule has 0 saturated heterocycles. The van der Waals surface area contributed by atoms with Crippen LogP contribution in [0, 0.1) is 0 Å². The summed E-state index contributed by atoms with van der Waals surface area (Å²) in [6.07, 6.45) is 2.64. The minimum Gasteiger partial charge on any atom is -0.493 e. The van der Waals surface area contributed by atoms with Crippen LogP contribution >= 0.6 is 0 Å². The average molecular weight is 447 g/mol. The molecule has 0 N–H and O–H groups in total. The summed E-state index contributed by atoms with van der Waals surface area (Å²) in [6, 6.07) is 19.2. The average Bonchev–Trinajstić information content (AvgIpc) is 2.85. The van der Waals surface area contributed by atoms with E-state index in [0.717, 1.165) is 24.8 Å². The van der Waals surface area contributed by atoms with Crippen LogP contribution in [0.25, 0.3) is 10.8 Å². The first-order chi connectivity index (χ1) is 16.0. The van der Waals surface area contributed by atoms with Gasteiger partial charge in [0.25, 0.3) is 5.91 Å². The molecule has 0 aromatic heterocycles. The van der Waals surface area contributed by atoms with Crippen molar-refractivity contribution in [3.05, 3.63) is 71.3 Å². The van der Waals surface area contributed by atoms with Gasteiger partial charge in [0.05, 0.1) is 20.4 Å². The summed E-state index contributed by atoms with van der Waals surface area (Å²) in [4.78, 5) is 18.0. The number of carbonyl (C=O) groups is 1. The summed E-state index contributed by atoms with van der Waals surface area (Å²) >= 11 is 0. The number of hydrogen-bond donors (Lipinski definition) is 0. The Balaban J connectivity index is 1.63. The third-order valence-electron chi connectivity index (χ3n) is 6.95. The van der Waals surface area contributed by atoms with Crippen LogP contribution in [0.2, 0.25) is 0 Å². The van der Waals surface area contributed by atoms with Gasteiger partial charge in [-0.25, -0.2) is 0 Å². The Morgan fingerprint density at radius 2 is 1.64 bits per heavy atom. The Hall–Kier alpha value is -3.05. The first-order valence-electron chi connectivity index (χ1n) is 11.8. The number of carbonyl (C=O) groups excluding carboxylic acids is 1. The predicted octanol–water partition coefficient (Wildman–Crippen LogP) is 5.67. The molecule has 5 nitrogen and oxygen atoms in total. The van der Waals surface area contributed by atoms with Crippen LogP contribution in [0.3, 0.4) is 0 Å². The van der Waals surface area contributed by atoms with Crippen molar-refractivity contribution in [1.82, 2.24) is 9.80 Å². The third kappa shape index (κ3) is 4.30. The Morgan fingerprint density at radius 1 is 0.939 bits per heavy atom. The van der Waals surface area contributed by atoms with Crippen LogP contribution in [-0.4, -0.2) is 49.7 Å². The highest BCUT2D eigenvalue weighted by atomic mass is 16.5. The van der Waals surface area contributed by atoms with Gasteiger partial charge < -0.3 is 14.4 Å². The van der Waals surface area contributed by atoms with Gasteiger partial charge in [0, 0.05) is 18.2 Å². The normalized spacial score (nSPS) is 15.5. The van der Waals surface area contributed by atoms with Crippen LogP contribution in [0.4, 0.5) is 0 Å². The van der Waals surface area contributed by atoms with Crippen molar-refractivity contribution in [1.29, 1.82) is 0 Å². The maximum Gasteiger partial charge on any atom is 0.255 e. The zero-order valence-electron chi connectivity index (χ0n) is 20.3. The van der Waals surface area contributed by atoms with E-state index < -0.39 is 0 Å². The summed E-state index contributed by atoms with van der Waals surface area (Å²) in [5.41, 5.74) is 3.02. The number of ether oxygens (including phenoxy) is 2. The highest BCUT2D eigenvalue weighted by Gasteiger charge is 2.34. The fourth-order valence-electron chi connectivity index (χ4n) is 5.22. The van der Waals surface area contributed by atoms with E-state index in [1.165, 1.54) is 16.3 Å². The Bertz CT molecular complexity index is 1140. The van der Waals surface area contributed by atoms with Crippen molar-refractivity contribution < 1.29 is 14.3 Å². The smallest absolute Gasteiger partial charge is 0.255 e. The molecule has 0 spiro atoms. The van der Waals surface area contributed by atoms with Crippen LogP contribution in [0.1, 0.15) is 54.2 Å². The molecule has 1 heterocycles. The van der Waals surface area contributed by atoms with E-state index in [1.807, 2.05) is 17.0 Å². The molecule has 1 amide bonds. The number of rotatable bonds is 8. The largest absolute Gasteiger partial charge is 0.493 e. The molecular formula is C28H34N2O3. The molecular weight excluding hydrogens is 412 g/mol. The lowest BCUT2D eigenvalue weighted by Crippen LogP contribution is -2.52. The van der Waals surface area contributed by atoms with Crippen LogP contribution in [-0.2, 0) is 6.42 Å². The molecule has 2 unspecified atom stereocenters. The monoisotopic (exact) mass is 446 g/mol. The van der Waals surface area contributed by atoms with Crippen molar-refractivity contribution in [2.24, 2.45) is 0 Å². The van der Waals surface area contributed by atoms with Crippen molar-refractivity contribution in [3.63, 3.8) is 0 Å². The van der Waals surface area contributed by atoms with Gasteiger partial charge in [-0.2, -0.15) is 0 Å². The van der Waals surface area contributed by atoms with Gasteiger partial charge in [0.1, 0.15) is 0 Å². The fourth-order valence-corrected chi connectivity index (χ4v) is 5.22. The molecule has 2 atom stereocenters. The number of nitrogens with zero attached hydrogens (tertiary/aromatic N) is 2. The van der Waals surface area contributed by atoms with Crippen LogP contribution < -0.4 is 9.47 Å². The maximum absolute atomic E-state index is 13.6. The predicted molar refractivity (Wildman–Crippen MR) is 133 cm³/mol. The van der Waals surface area contributed by atoms with E-state index in [0.29, 0.717) is 23.6 Å². The summed E-state index contributed by atoms with van der Waals surface area (Å²) in [5, 5.41) is 2.50. The lowest BCUT2D eigenvalue weighted by Gasteiger charge is -2.43. The quantitative estimate of drug-likeness (QED) is 0.447.